The van der Waals surface area contributed by atoms with Crippen LogP contribution in [0.1, 0.15) is 62.5 Å². The van der Waals surface area contributed by atoms with E-state index >= 15 is 0 Å². The number of phenols is 2. The van der Waals surface area contributed by atoms with Crippen LogP contribution in [0.15, 0.2) is 6.07 Å². The minimum absolute atomic E-state index is 0.217. The standard InChI is InChI=1S/C18H25NO5S/c1-18-7-2-3-13(18)11-5-4-10-9-14(24-25(19,22)23)16(20)17(21)15(10)12(11)6-8-18/h9,11-13,20-21H,2-8H2,1H3,(H2,19,22,23)/t11?,12?,13?,18-/m0/s1. The number of phenolic OH excluding ortho intramolecular Hbond substituents is 2. The van der Waals surface area contributed by atoms with E-state index in [-0.39, 0.29) is 17.4 Å². The number of hydrogen-bond acceptors (Lipinski definition) is 5. The average Bonchev–Trinajstić information content (AvgIpc) is 2.92. The van der Waals surface area contributed by atoms with E-state index in [9.17, 15) is 18.6 Å². The molecule has 0 spiro atoms. The Balaban J connectivity index is 1.75. The molecule has 0 aliphatic heterocycles. The van der Waals surface area contributed by atoms with E-state index in [1.165, 1.54) is 25.3 Å². The average molecular weight is 367 g/mol. The van der Waals surface area contributed by atoms with Crippen molar-refractivity contribution >= 4 is 10.3 Å². The molecule has 7 heteroatoms. The zero-order chi connectivity index (χ0) is 18.0. The van der Waals surface area contributed by atoms with Crippen molar-refractivity contribution in [2.75, 3.05) is 0 Å². The van der Waals surface area contributed by atoms with E-state index in [4.69, 9.17) is 5.14 Å². The Morgan fingerprint density at radius 1 is 1.20 bits per heavy atom. The Morgan fingerprint density at radius 3 is 2.68 bits per heavy atom. The first-order valence-corrected chi connectivity index (χ1v) is 10.5. The quantitative estimate of drug-likeness (QED) is 0.696. The lowest BCUT2D eigenvalue weighted by Crippen LogP contribution is -2.39. The van der Waals surface area contributed by atoms with E-state index in [1.54, 1.807) is 0 Å². The van der Waals surface area contributed by atoms with Gasteiger partial charge in [0.1, 0.15) is 0 Å². The fourth-order valence-electron chi connectivity index (χ4n) is 5.87. The molecule has 0 aromatic heterocycles. The van der Waals surface area contributed by atoms with Crippen LogP contribution in [-0.2, 0) is 16.7 Å². The van der Waals surface area contributed by atoms with Gasteiger partial charge in [0.05, 0.1) is 0 Å². The van der Waals surface area contributed by atoms with Gasteiger partial charge in [-0.2, -0.15) is 13.6 Å². The van der Waals surface area contributed by atoms with Crippen LogP contribution >= 0.6 is 0 Å². The van der Waals surface area contributed by atoms with Crippen LogP contribution in [0.3, 0.4) is 0 Å². The van der Waals surface area contributed by atoms with Crippen molar-refractivity contribution in [2.45, 2.75) is 57.8 Å². The number of hydrogen-bond donors (Lipinski definition) is 3. The van der Waals surface area contributed by atoms with E-state index in [0.29, 0.717) is 17.3 Å². The monoisotopic (exact) mass is 367 g/mol. The van der Waals surface area contributed by atoms with Crippen molar-refractivity contribution in [3.8, 4) is 17.2 Å². The molecule has 25 heavy (non-hydrogen) atoms. The molecule has 138 valence electrons. The van der Waals surface area contributed by atoms with Crippen molar-refractivity contribution in [3.05, 3.63) is 17.2 Å². The largest absolute Gasteiger partial charge is 0.504 e. The second-order valence-corrected chi connectivity index (χ2v) is 9.37. The van der Waals surface area contributed by atoms with Crippen LogP contribution in [0.25, 0.3) is 0 Å². The van der Waals surface area contributed by atoms with E-state index < -0.39 is 16.1 Å². The van der Waals surface area contributed by atoms with Gasteiger partial charge in [-0.1, -0.05) is 13.3 Å². The van der Waals surface area contributed by atoms with Crippen LogP contribution in [0.2, 0.25) is 0 Å². The molecule has 0 heterocycles. The highest BCUT2D eigenvalue weighted by molar-refractivity contribution is 7.84. The lowest BCUT2D eigenvalue weighted by molar-refractivity contribution is 0.0587. The summed E-state index contributed by atoms with van der Waals surface area (Å²) in [6.45, 7) is 2.40. The molecular formula is C18H25NO5S. The van der Waals surface area contributed by atoms with E-state index in [2.05, 4.69) is 11.1 Å². The predicted octanol–water partition coefficient (Wildman–Crippen LogP) is 2.93. The summed E-state index contributed by atoms with van der Waals surface area (Å²) >= 11 is 0. The molecule has 3 aliphatic rings. The van der Waals surface area contributed by atoms with Crippen molar-refractivity contribution in [1.29, 1.82) is 0 Å². The lowest BCUT2D eigenvalue weighted by Gasteiger charge is -2.49. The van der Waals surface area contributed by atoms with Crippen LogP contribution in [-0.4, -0.2) is 18.6 Å². The summed E-state index contributed by atoms with van der Waals surface area (Å²) < 4.78 is 27.0. The summed E-state index contributed by atoms with van der Waals surface area (Å²) in [6, 6.07) is 1.52. The maximum absolute atomic E-state index is 11.2. The second-order valence-electron chi connectivity index (χ2n) is 8.22. The van der Waals surface area contributed by atoms with Gasteiger partial charge in [0.2, 0.25) is 5.75 Å². The van der Waals surface area contributed by atoms with Crippen molar-refractivity contribution in [3.63, 3.8) is 0 Å². The normalized spacial score (nSPS) is 34.1. The summed E-state index contributed by atoms with van der Waals surface area (Å²) in [4.78, 5) is 0. The van der Waals surface area contributed by atoms with Crippen LogP contribution < -0.4 is 9.32 Å². The zero-order valence-electron chi connectivity index (χ0n) is 14.4. The van der Waals surface area contributed by atoms with Crippen LogP contribution in [0, 0.1) is 17.3 Å². The molecule has 3 aliphatic carbocycles. The number of aryl methyl sites for hydroxylation is 1. The zero-order valence-corrected chi connectivity index (χ0v) is 15.2. The SMILES string of the molecule is C[C@@]12CCCC1C1CCc3cc(OS(N)(=O)=O)c(O)c(O)c3C1CC2. The predicted molar refractivity (Wildman–Crippen MR) is 92.7 cm³/mol. The third kappa shape index (κ3) is 2.68. The van der Waals surface area contributed by atoms with Gasteiger partial charge in [0.15, 0.2) is 11.5 Å². The van der Waals surface area contributed by atoms with Crippen LogP contribution in [0.4, 0.5) is 0 Å². The molecule has 1 aromatic rings. The Bertz CT molecular complexity index is 821. The van der Waals surface area contributed by atoms with Gasteiger partial charge in [-0.3, -0.25) is 0 Å². The third-order valence-corrected chi connectivity index (χ3v) is 7.32. The molecule has 4 N–H and O–H groups in total. The van der Waals surface area contributed by atoms with Crippen LogP contribution in [0.5, 0.6) is 17.2 Å². The van der Waals surface area contributed by atoms with Gasteiger partial charge in [-0.25, -0.2) is 0 Å². The highest BCUT2D eigenvalue weighted by Gasteiger charge is 2.51. The van der Waals surface area contributed by atoms with Gasteiger partial charge in [0.25, 0.3) is 0 Å². The highest BCUT2D eigenvalue weighted by Crippen LogP contribution is 2.62. The number of aromatic hydroxyl groups is 2. The number of nitrogens with two attached hydrogens (primary N) is 1. The molecular weight excluding hydrogens is 342 g/mol. The maximum atomic E-state index is 11.2. The first-order valence-electron chi connectivity index (χ1n) is 8.99. The number of rotatable bonds is 2. The molecule has 6 nitrogen and oxygen atoms in total. The Kier molecular flexibility index (Phi) is 3.74. The summed E-state index contributed by atoms with van der Waals surface area (Å²) in [5.41, 5.74) is 2.05. The van der Waals surface area contributed by atoms with Gasteiger partial charge >= 0.3 is 10.3 Å². The maximum Gasteiger partial charge on any atom is 0.380 e. The second kappa shape index (κ2) is 5.51. The summed E-state index contributed by atoms with van der Waals surface area (Å²) in [5.74, 6) is 0.332. The Hall–Kier alpha value is -1.47. The van der Waals surface area contributed by atoms with Crippen molar-refractivity contribution < 1.29 is 22.8 Å². The fourth-order valence-corrected chi connectivity index (χ4v) is 6.25. The molecule has 2 fully saturated rings. The Morgan fingerprint density at radius 2 is 1.96 bits per heavy atom. The lowest BCUT2D eigenvalue weighted by atomic mass is 9.56. The molecule has 0 bridgehead atoms. The topological polar surface area (TPSA) is 110 Å². The number of fused-ring (bicyclic) bond motifs is 5. The molecule has 3 unspecified atom stereocenters. The molecule has 1 aromatic carbocycles. The molecule has 2 saturated carbocycles. The minimum atomic E-state index is -4.26. The molecule has 0 amide bonds. The van der Waals surface area contributed by atoms with E-state index in [0.717, 1.165) is 36.8 Å². The van der Waals surface area contributed by atoms with E-state index in [1.807, 2.05) is 0 Å². The minimum Gasteiger partial charge on any atom is -0.504 e. The van der Waals surface area contributed by atoms with Crippen molar-refractivity contribution in [2.24, 2.45) is 22.4 Å². The Labute approximate surface area is 148 Å². The first-order chi connectivity index (χ1) is 11.7. The molecule has 0 saturated heterocycles. The molecule has 4 atom stereocenters. The van der Waals surface area contributed by atoms with Gasteiger partial charge in [-0.15, -0.1) is 0 Å². The van der Waals surface area contributed by atoms with Gasteiger partial charge < -0.3 is 14.4 Å². The smallest absolute Gasteiger partial charge is 0.380 e. The molecule has 4 rings (SSSR count). The third-order valence-electron chi connectivity index (χ3n) is 6.91. The first kappa shape index (κ1) is 17.0. The molecule has 0 radical (unpaired) electrons. The van der Waals surface area contributed by atoms with Gasteiger partial charge in [0, 0.05) is 5.56 Å². The summed E-state index contributed by atoms with van der Waals surface area (Å²) in [6.07, 6.45) is 7.70. The van der Waals surface area contributed by atoms with Gasteiger partial charge in [-0.05, 0) is 73.3 Å². The number of benzene rings is 1. The highest BCUT2D eigenvalue weighted by atomic mass is 32.2. The van der Waals surface area contributed by atoms with Crippen molar-refractivity contribution in [1.82, 2.24) is 0 Å². The summed E-state index contributed by atoms with van der Waals surface area (Å²) in [7, 11) is -4.26. The summed E-state index contributed by atoms with van der Waals surface area (Å²) in [5, 5.41) is 25.7. The fraction of sp³-hybridized carbons (Fsp3) is 0.667.